The van der Waals surface area contributed by atoms with Crippen molar-refractivity contribution >= 4 is 49.8 Å². The van der Waals surface area contributed by atoms with E-state index in [4.69, 9.17) is 16.3 Å². The third kappa shape index (κ3) is 2.92. The first-order chi connectivity index (χ1) is 14.3. The number of hydrogen-bond acceptors (Lipinski definition) is 4. The Morgan fingerprint density at radius 1 is 1.20 bits per heavy atom. The van der Waals surface area contributed by atoms with E-state index in [9.17, 15) is 18.4 Å². The molecule has 3 aromatic heterocycles. The molecule has 154 valence electrons. The van der Waals surface area contributed by atoms with Crippen LogP contribution in [0.1, 0.15) is 27.8 Å². The fourth-order valence-corrected chi connectivity index (χ4v) is 5.03. The van der Waals surface area contributed by atoms with Crippen LogP contribution >= 0.6 is 22.9 Å². The van der Waals surface area contributed by atoms with Crippen molar-refractivity contribution in [2.75, 3.05) is 13.7 Å². The molecule has 0 saturated heterocycles. The van der Waals surface area contributed by atoms with Gasteiger partial charge in [0.05, 0.1) is 39.2 Å². The number of halogens is 3. The largest absolute Gasteiger partial charge is 0.373 e. The lowest BCUT2D eigenvalue weighted by Gasteiger charge is -2.33. The summed E-state index contributed by atoms with van der Waals surface area (Å²) < 4.78 is 34.8. The predicted octanol–water partition coefficient (Wildman–Crippen LogP) is 4.35. The maximum atomic E-state index is 14.0. The van der Waals surface area contributed by atoms with Crippen molar-refractivity contribution in [3.05, 3.63) is 67.5 Å². The molecule has 4 heterocycles. The van der Waals surface area contributed by atoms with Crippen LogP contribution in [0.25, 0.3) is 21.0 Å². The average Bonchev–Trinajstić information content (AvgIpc) is 3.25. The number of rotatable bonds is 2. The summed E-state index contributed by atoms with van der Waals surface area (Å²) in [5.41, 5.74) is 1.57. The van der Waals surface area contributed by atoms with Crippen molar-refractivity contribution in [3.63, 3.8) is 0 Å². The van der Waals surface area contributed by atoms with E-state index in [0.29, 0.717) is 21.3 Å². The van der Waals surface area contributed by atoms with E-state index >= 15 is 0 Å². The third-order valence-corrected chi connectivity index (χ3v) is 6.54. The second-order valence-electron chi connectivity index (χ2n) is 7.12. The van der Waals surface area contributed by atoms with E-state index in [0.717, 1.165) is 22.3 Å². The number of nitrogens with zero attached hydrogens (tertiary/aromatic N) is 1. The predicted molar refractivity (Wildman–Crippen MR) is 110 cm³/mol. The van der Waals surface area contributed by atoms with Crippen LogP contribution < -0.4 is 5.56 Å². The summed E-state index contributed by atoms with van der Waals surface area (Å²) in [6.45, 7) is 0.255. The number of likely N-dealkylation sites (N-methyl/N-ethyl adjacent to an activating group) is 1. The molecule has 1 atom stereocenters. The molecule has 0 unspecified atom stereocenters. The number of carbonyl (C=O) groups is 1. The molecule has 1 aliphatic rings. The number of pyridine rings is 1. The van der Waals surface area contributed by atoms with E-state index in [1.54, 1.807) is 19.2 Å². The van der Waals surface area contributed by atoms with Gasteiger partial charge in [-0.2, -0.15) is 0 Å². The van der Waals surface area contributed by atoms with Crippen molar-refractivity contribution < 1.29 is 18.3 Å². The smallest absolute Gasteiger partial charge is 0.270 e. The lowest BCUT2D eigenvalue weighted by Crippen LogP contribution is -2.37. The molecule has 1 aliphatic heterocycles. The zero-order valence-electron chi connectivity index (χ0n) is 15.5. The SMILES string of the molecule is CN(C(=O)c1cc2sc(Cl)cc2[nH]1)[C@H]1COCc2[nH]c(=O)c3cc(F)c(F)cc3c21. The molecule has 0 bridgehead atoms. The van der Waals surface area contributed by atoms with Crippen LogP contribution in [0.15, 0.2) is 29.1 Å². The van der Waals surface area contributed by atoms with E-state index in [1.165, 1.54) is 16.2 Å². The van der Waals surface area contributed by atoms with Gasteiger partial charge >= 0.3 is 0 Å². The molecule has 0 saturated carbocycles. The van der Waals surface area contributed by atoms with Gasteiger partial charge in [-0.1, -0.05) is 11.6 Å². The highest BCUT2D eigenvalue weighted by atomic mass is 35.5. The minimum Gasteiger partial charge on any atom is -0.373 e. The second-order valence-corrected chi connectivity index (χ2v) is 8.83. The molecule has 1 aromatic carbocycles. The first kappa shape index (κ1) is 19.2. The van der Waals surface area contributed by atoms with E-state index in [-0.39, 0.29) is 29.9 Å². The number of hydrogen-bond donors (Lipinski definition) is 2. The Morgan fingerprint density at radius 3 is 2.67 bits per heavy atom. The summed E-state index contributed by atoms with van der Waals surface area (Å²) in [4.78, 5) is 32.7. The molecule has 1 amide bonds. The molecule has 30 heavy (non-hydrogen) atoms. The van der Waals surface area contributed by atoms with Crippen molar-refractivity contribution in [1.82, 2.24) is 14.9 Å². The fraction of sp³-hybridized carbons (Fsp3) is 0.200. The van der Waals surface area contributed by atoms with E-state index in [1.807, 2.05) is 0 Å². The molecule has 0 spiro atoms. The standard InChI is InChI=1S/C20H14ClF2N3O3S/c1-26(20(28)13-4-16-12(24-13)5-17(21)30-16)15-7-29-6-14-18(15)8-2-10(22)11(23)3-9(8)19(27)25-14/h2-5,15,24H,6-7H2,1H3,(H,25,27)/t15-/m0/s1. The Kier molecular flexibility index (Phi) is 4.42. The second kappa shape index (κ2) is 6.90. The highest BCUT2D eigenvalue weighted by Gasteiger charge is 2.32. The molecular formula is C20H14ClF2N3O3S. The Balaban J connectivity index is 1.61. The number of benzene rings is 1. The number of H-pyrrole nitrogens is 2. The lowest BCUT2D eigenvalue weighted by atomic mass is 9.95. The Morgan fingerprint density at radius 2 is 1.93 bits per heavy atom. The zero-order chi connectivity index (χ0) is 21.2. The summed E-state index contributed by atoms with van der Waals surface area (Å²) in [6.07, 6.45) is 0. The number of fused-ring (bicyclic) bond motifs is 4. The van der Waals surface area contributed by atoms with E-state index in [2.05, 4.69) is 9.97 Å². The fourth-order valence-electron chi connectivity index (χ4n) is 3.89. The van der Waals surface area contributed by atoms with Crippen molar-refractivity contribution in [1.29, 1.82) is 0 Å². The van der Waals surface area contributed by atoms with Crippen molar-refractivity contribution in [3.8, 4) is 0 Å². The molecule has 2 N–H and O–H groups in total. The van der Waals surface area contributed by atoms with Crippen molar-refractivity contribution in [2.24, 2.45) is 0 Å². The summed E-state index contributed by atoms with van der Waals surface area (Å²) >= 11 is 7.34. The monoisotopic (exact) mass is 449 g/mol. The van der Waals surface area contributed by atoms with Gasteiger partial charge in [-0.05, 0) is 29.7 Å². The van der Waals surface area contributed by atoms with Crippen LogP contribution in [-0.2, 0) is 11.3 Å². The number of ether oxygens (including phenoxy) is 1. The van der Waals surface area contributed by atoms with Gasteiger partial charge < -0.3 is 19.6 Å². The van der Waals surface area contributed by atoms with Gasteiger partial charge in [0.15, 0.2) is 11.6 Å². The summed E-state index contributed by atoms with van der Waals surface area (Å²) in [6, 6.07) is 4.74. The normalized spacial score (nSPS) is 16.2. The number of aromatic amines is 2. The molecule has 0 aliphatic carbocycles. The number of amides is 1. The minimum atomic E-state index is -1.11. The van der Waals surface area contributed by atoms with Crippen LogP contribution in [-0.4, -0.2) is 34.4 Å². The van der Waals surface area contributed by atoms with Gasteiger partial charge in [0.25, 0.3) is 11.5 Å². The maximum absolute atomic E-state index is 14.0. The first-order valence-corrected chi connectivity index (χ1v) is 10.2. The number of thiophene rings is 1. The van der Waals surface area contributed by atoms with Crippen LogP contribution in [0.3, 0.4) is 0 Å². The van der Waals surface area contributed by atoms with Crippen LogP contribution in [0.2, 0.25) is 4.34 Å². The first-order valence-electron chi connectivity index (χ1n) is 9.00. The number of carbonyl (C=O) groups excluding carboxylic acids is 1. The quantitative estimate of drug-likeness (QED) is 0.477. The molecule has 0 fully saturated rings. The average molecular weight is 450 g/mol. The van der Waals surface area contributed by atoms with Gasteiger partial charge in [-0.25, -0.2) is 8.78 Å². The van der Waals surface area contributed by atoms with Crippen molar-refractivity contribution in [2.45, 2.75) is 12.6 Å². The zero-order valence-corrected chi connectivity index (χ0v) is 17.1. The summed E-state index contributed by atoms with van der Waals surface area (Å²) in [5, 5.41) is 0.287. The highest BCUT2D eigenvalue weighted by Crippen LogP contribution is 2.35. The molecule has 4 aromatic rings. The molecule has 5 rings (SSSR count). The Bertz CT molecular complexity index is 1360. The molecular weight excluding hydrogens is 436 g/mol. The van der Waals surface area contributed by atoms with Gasteiger partial charge in [0.1, 0.15) is 5.69 Å². The van der Waals surface area contributed by atoms with Gasteiger partial charge in [0.2, 0.25) is 0 Å². The van der Waals surface area contributed by atoms with Gasteiger partial charge in [0, 0.05) is 18.3 Å². The highest BCUT2D eigenvalue weighted by molar-refractivity contribution is 7.22. The number of aromatic nitrogens is 2. The molecule has 0 radical (unpaired) electrons. The van der Waals surface area contributed by atoms with Crippen LogP contribution in [0.4, 0.5) is 8.78 Å². The summed E-state index contributed by atoms with van der Waals surface area (Å²) in [5.74, 6) is -2.47. The van der Waals surface area contributed by atoms with Gasteiger partial charge in [-0.15, -0.1) is 11.3 Å². The molecule has 6 nitrogen and oxygen atoms in total. The number of nitrogens with one attached hydrogen (secondary N) is 2. The lowest BCUT2D eigenvalue weighted by molar-refractivity contribution is 0.0333. The maximum Gasteiger partial charge on any atom is 0.270 e. The minimum absolute atomic E-state index is 0.0235. The van der Waals surface area contributed by atoms with Crippen LogP contribution in [0, 0.1) is 11.6 Å². The Labute approximate surface area is 177 Å². The van der Waals surface area contributed by atoms with Gasteiger partial charge in [-0.3, -0.25) is 9.59 Å². The van der Waals surface area contributed by atoms with Crippen LogP contribution in [0.5, 0.6) is 0 Å². The Hall–Kier alpha value is -2.75. The van der Waals surface area contributed by atoms with E-state index < -0.39 is 23.2 Å². The molecule has 10 heteroatoms. The topological polar surface area (TPSA) is 78.2 Å². The third-order valence-electron chi connectivity index (χ3n) is 5.33. The summed E-state index contributed by atoms with van der Waals surface area (Å²) in [7, 11) is 1.60.